The Bertz CT molecular complexity index is 923. The minimum atomic E-state index is 0. The Morgan fingerprint density at radius 3 is 2.65 bits per heavy atom. The van der Waals surface area contributed by atoms with E-state index in [1.807, 2.05) is 26.1 Å². The van der Waals surface area contributed by atoms with Crippen molar-refractivity contribution in [3.8, 4) is 5.75 Å². The number of ether oxygens (including phenoxy) is 1. The molecular weight excluding hydrogens is 373 g/mol. The molecule has 0 aliphatic heterocycles. The van der Waals surface area contributed by atoms with Crippen LogP contribution in [0.3, 0.4) is 0 Å². The smallest absolute Gasteiger partial charge is 0.160 e. The first-order valence-corrected chi connectivity index (χ1v) is 8.70. The average Bonchev–Trinajstić information content (AvgIpc) is 2.85. The number of anilines is 1. The number of methoxy groups -OCH3 is 1. The van der Waals surface area contributed by atoms with E-state index in [0.29, 0.717) is 10.8 Å². The van der Waals surface area contributed by atoms with Gasteiger partial charge in [0.2, 0.25) is 0 Å². The van der Waals surface area contributed by atoms with Crippen molar-refractivity contribution in [2.45, 2.75) is 13.3 Å². The number of aromatic nitrogens is 3. The molecule has 0 saturated heterocycles. The fourth-order valence-electron chi connectivity index (χ4n) is 3.14. The van der Waals surface area contributed by atoms with Crippen molar-refractivity contribution >= 4 is 51.6 Å². The Kier molecular flexibility index (Phi) is 6.55. The molecule has 0 saturated carbocycles. The third kappa shape index (κ3) is 3.68. The van der Waals surface area contributed by atoms with E-state index in [2.05, 4.69) is 29.4 Å². The second-order valence-corrected chi connectivity index (χ2v) is 6.86. The molecule has 0 spiro atoms. The summed E-state index contributed by atoms with van der Waals surface area (Å²) in [5, 5.41) is 10.7. The largest absolute Gasteiger partial charge is 0.494 e. The summed E-state index contributed by atoms with van der Waals surface area (Å²) in [5.74, 6) is 0.705. The second kappa shape index (κ2) is 8.29. The number of pyridine rings is 1. The molecule has 0 aliphatic carbocycles. The first kappa shape index (κ1) is 20.6. The zero-order chi connectivity index (χ0) is 18.1. The molecule has 3 rings (SSSR count). The van der Waals surface area contributed by atoms with Gasteiger partial charge >= 0.3 is 0 Å². The standard InChI is InChI=1S/C18H24ClN5O.ClH/c1-11-14-17(20-9-6-10-23(2)3)15-12(19)7-8-13(25-5)16(15)21-18(14)24(4)22-11;/h7-8H,6,9-10H2,1-5H3,(H,20,21);1H. The summed E-state index contributed by atoms with van der Waals surface area (Å²) in [7, 11) is 7.70. The molecule has 0 atom stereocenters. The van der Waals surface area contributed by atoms with Crippen LogP contribution in [0.2, 0.25) is 5.02 Å². The molecule has 142 valence electrons. The maximum Gasteiger partial charge on any atom is 0.160 e. The molecule has 6 nitrogen and oxygen atoms in total. The highest BCUT2D eigenvalue weighted by Crippen LogP contribution is 2.40. The molecule has 2 aromatic heterocycles. The van der Waals surface area contributed by atoms with Crippen LogP contribution in [0.15, 0.2) is 12.1 Å². The molecule has 0 bridgehead atoms. The van der Waals surface area contributed by atoms with Crippen LogP contribution in [0.5, 0.6) is 5.75 Å². The van der Waals surface area contributed by atoms with Gasteiger partial charge in [-0.05, 0) is 46.1 Å². The maximum absolute atomic E-state index is 6.54. The molecule has 2 heterocycles. The molecule has 0 unspecified atom stereocenters. The summed E-state index contributed by atoms with van der Waals surface area (Å²) >= 11 is 6.54. The van der Waals surface area contributed by atoms with Crippen molar-refractivity contribution in [3.05, 3.63) is 22.8 Å². The Balaban J connectivity index is 0.00000243. The number of hydrogen-bond acceptors (Lipinski definition) is 5. The Morgan fingerprint density at radius 2 is 2.00 bits per heavy atom. The van der Waals surface area contributed by atoms with Gasteiger partial charge in [0.05, 0.1) is 28.9 Å². The van der Waals surface area contributed by atoms with Crippen molar-refractivity contribution < 1.29 is 4.74 Å². The van der Waals surface area contributed by atoms with Gasteiger partial charge in [0.25, 0.3) is 0 Å². The van der Waals surface area contributed by atoms with Gasteiger partial charge in [0.15, 0.2) is 5.65 Å². The molecule has 0 fully saturated rings. The zero-order valence-electron chi connectivity index (χ0n) is 15.8. The van der Waals surface area contributed by atoms with Gasteiger partial charge in [-0.2, -0.15) is 5.10 Å². The summed E-state index contributed by atoms with van der Waals surface area (Å²) < 4.78 is 7.31. The highest BCUT2D eigenvalue weighted by molar-refractivity contribution is 6.37. The first-order chi connectivity index (χ1) is 11.9. The molecule has 1 aromatic carbocycles. The van der Waals surface area contributed by atoms with Gasteiger partial charge in [-0.15, -0.1) is 12.4 Å². The van der Waals surface area contributed by atoms with Crippen LogP contribution < -0.4 is 10.1 Å². The fourth-order valence-corrected chi connectivity index (χ4v) is 3.39. The van der Waals surface area contributed by atoms with Gasteiger partial charge in [0, 0.05) is 19.0 Å². The number of nitrogens with one attached hydrogen (secondary N) is 1. The summed E-state index contributed by atoms with van der Waals surface area (Å²) in [4.78, 5) is 6.96. The van der Waals surface area contributed by atoms with E-state index in [1.165, 1.54) is 0 Å². The first-order valence-electron chi connectivity index (χ1n) is 8.32. The van der Waals surface area contributed by atoms with Gasteiger partial charge in [-0.3, -0.25) is 4.68 Å². The molecular formula is C18H25Cl2N5O. The molecule has 26 heavy (non-hydrogen) atoms. The number of rotatable bonds is 6. The minimum Gasteiger partial charge on any atom is -0.494 e. The normalized spacial score (nSPS) is 11.2. The van der Waals surface area contributed by atoms with Crippen LogP contribution in [0, 0.1) is 6.92 Å². The molecule has 0 aliphatic rings. The van der Waals surface area contributed by atoms with Crippen LogP contribution in [0.1, 0.15) is 12.1 Å². The van der Waals surface area contributed by atoms with E-state index < -0.39 is 0 Å². The summed E-state index contributed by atoms with van der Waals surface area (Å²) in [6.45, 7) is 3.85. The SMILES string of the molecule is COc1ccc(Cl)c2c(NCCCN(C)C)c3c(C)nn(C)c3nc12.Cl. The number of benzene rings is 1. The van der Waals surface area contributed by atoms with E-state index in [1.54, 1.807) is 11.8 Å². The summed E-state index contributed by atoms with van der Waals surface area (Å²) in [6.07, 6.45) is 1.03. The van der Waals surface area contributed by atoms with Gasteiger partial charge in [0.1, 0.15) is 11.3 Å². The van der Waals surface area contributed by atoms with Crippen LogP contribution in [0.4, 0.5) is 5.69 Å². The van der Waals surface area contributed by atoms with Crippen molar-refractivity contribution in [2.75, 3.05) is 39.6 Å². The Labute approximate surface area is 164 Å². The topological polar surface area (TPSA) is 55.2 Å². The Hall–Kier alpha value is -1.76. The Morgan fingerprint density at radius 1 is 1.27 bits per heavy atom. The number of halogens is 2. The lowest BCUT2D eigenvalue weighted by Gasteiger charge is -2.15. The van der Waals surface area contributed by atoms with Crippen LogP contribution >= 0.6 is 24.0 Å². The number of nitrogens with zero attached hydrogens (tertiary/aromatic N) is 4. The minimum absolute atomic E-state index is 0. The molecule has 8 heteroatoms. The van der Waals surface area contributed by atoms with E-state index in [4.69, 9.17) is 21.3 Å². The monoisotopic (exact) mass is 397 g/mol. The van der Waals surface area contributed by atoms with Crippen molar-refractivity contribution in [1.82, 2.24) is 19.7 Å². The lowest BCUT2D eigenvalue weighted by Crippen LogP contribution is -2.16. The van der Waals surface area contributed by atoms with E-state index in [0.717, 1.165) is 52.8 Å². The van der Waals surface area contributed by atoms with Crippen molar-refractivity contribution in [1.29, 1.82) is 0 Å². The molecule has 3 aromatic rings. The van der Waals surface area contributed by atoms with Crippen molar-refractivity contribution in [3.63, 3.8) is 0 Å². The number of aryl methyl sites for hydroxylation is 2. The van der Waals surface area contributed by atoms with Crippen LogP contribution in [-0.4, -0.2) is 54.0 Å². The highest BCUT2D eigenvalue weighted by Gasteiger charge is 2.19. The number of fused-ring (bicyclic) bond motifs is 2. The van der Waals surface area contributed by atoms with Gasteiger partial charge in [-0.25, -0.2) is 4.98 Å². The van der Waals surface area contributed by atoms with Crippen LogP contribution in [-0.2, 0) is 7.05 Å². The lowest BCUT2D eigenvalue weighted by atomic mass is 10.1. The fraction of sp³-hybridized carbons (Fsp3) is 0.444. The molecule has 0 radical (unpaired) electrons. The zero-order valence-corrected chi connectivity index (χ0v) is 17.3. The van der Waals surface area contributed by atoms with E-state index in [-0.39, 0.29) is 12.4 Å². The van der Waals surface area contributed by atoms with Crippen molar-refractivity contribution in [2.24, 2.45) is 7.05 Å². The summed E-state index contributed by atoms with van der Waals surface area (Å²) in [5.41, 5.74) is 3.48. The highest BCUT2D eigenvalue weighted by atomic mass is 35.5. The lowest BCUT2D eigenvalue weighted by molar-refractivity contribution is 0.405. The van der Waals surface area contributed by atoms with Gasteiger partial charge < -0.3 is 15.0 Å². The third-order valence-corrected chi connectivity index (χ3v) is 4.62. The predicted molar refractivity (Wildman–Crippen MR) is 111 cm³/mol. The maximum atomic E-state index is 6.54. The average molecular weight is 398 g/mol. The van der Waals surface area contributed by atoms with E-state index >= 15 is 0 Å². The van der Waals surface area contributed by atoms with Gasteiger partial charge in [-0.1, -0.05) is 11.6 Å². The predicted octanol–water partition coefficient (Wildman–Crippen LogP) is 3.88. The van der Waals surface area contributed by atoms with Crippen LogP contribution in [0.25, 0.3) is 21.9 Å². The van der Waals surface area contributed by atoms with E-state index in [9.17, 15) is 0 Å². The molecule has 0 amide bonds. The molecule has 1 N–H and O–H groups in total. The number of hydrogen-bond donors (Lipinski definition) is 1. The second-order valence-electron chi connectivity index (χ2n) is 6.45. The quantitative estimate of drug-likeness (QED) is 0.639. The third-order valence-electron chi connectivity index (χ3n) is 4.30. The summed E-state index contributed by atoms with van der Waals surface area (Å²) in [6, 6.07) is 3.70.